The van der Waals surface area contributed by atoms with Crippen molar-refractivity contribution in [2.75, 3.05) is 6.61 Å². The lowest BCUT2D eigenvalue weighted by molar-refractivity contribution is -0.141. The summed E-state index contributed by atoms with van der Waals surface area (Å²) in [7, 11) is 0. The van der Waals surface area contributed by atoms with Crippen LogP contribution in [0, 0.1) is 0 Å². The van der Waals surface area contributed by atoms with Gasteiger partial charge in [-0.15, -0.1) is 0 Å². The highest BCUT2D eigenvalue weighted by atomic mass is 16.5. The molecule has 0 amide bonds. The van der Waals surface area contributed by atoms with Gasteiger partial charge in [-0.25, -0.2) is 4.98 Å². The second-order valence-electron chi connectivity index (χ2n) is 4.33. The standard InChI is InChI=1S/C14H16N2O3/c1-10(18)19-8-3-2-6-13-12(9-17)11-5-4-7-15-14(11)16-13/h4-5,7,9H,2-3,6,8H2,1H3,(H,15,16). The summed E-state index contributed by atoms with van der Waals surface area (Å²) in [6.45, 7) is 1.82. The lowest BCUT2D eigenvalue weighted by atomic mass is 10.1. The molecule has 0 unspecified atom stereocenters. The van der Waals surface area contributed by atoms with Crippen LogP contribution in [-0.4, -0.2) is 28.8 Å². The number of carbonyl (C=O) groups excluding carboxylic acids is 2. The number of nitrogens with one attached hydrogen (secondary N) is 1. The van der Waals surface area contributed by atoms with E-state index in [2.05, 4.69) is 9.97 Å². The molecule has 0 aliphatic rings. The first-order valence-corrected chi connectivity index (χ1v) is 6.26. The van der Waals surface area contributed by atoms with Crippen molar-refractivity contribution < 1.29 is 14.3 Å². The van der Waals surface area contributed by atoms with Crippen LogP contribution in [0.25, 0.3) is 11.0 Å². The van der Waals surface area contributed by atoms with Crippen molar-refractivity contribution in [3.8, 4) is 0 Å². The minimum atomic E-state index is -0.261. The zero-order chi connectivity index (χ0) is 13.7. The molecule has 0 aromatic carbocycles. The normalized spacial score (nSPS) is 10.6. The molecule has 2 aromatic heterocycles. The van der Waals surface area contributed by atoms with Crippen molar-refractivity contribution in [1.82, 2.24) is 9.97 Å². The van der Waals surface area contributed by atoms with E-state index >= 15 is 0 Å². The molecule has 5 heteroatoms. The number of ether oxygens (including phenoxy) is 1. The van der Waals surface area contributed by atoms with E-state index in [9.17, 15) is 9.59 Å². The Hall–Kier alpha value is -2.17. The largest absolute Gasteiger partial charge is 0.466 e. The van der Waals surface area contributed by atoms with Gasteiger partial charge >= 0.3 is 5.97 Å². The molecule has 2 aromatic rings. The number of fused-ring (bicyclic) bond motifs is 1. The van der Waals surface area contributed by atoms with Gasteiger partial charge in [0, 0.05) is 29.8 Å². The van der Waals surface area contributed by atoms with Crippen LogP contribution in [0.3, 0.4) is 0 Å². The third-order valence-electron chi connectivity index (χ3n) is 2.94. The maximum Gasteiger partial charge on any atom is 0.302 e. The van der Waals surface area contributed by atoms with E-state index in [1.807, 2.05) is 12.1 Å². The molecule has 0 atom stereocenters. The number of rotatable bonds is 6. The van der Waals surface area contributed by atoms with Gasteiger partial charge in [-0.2, -0.15) is 0 Å². The first kappa shape index (κ1) is 13.3. The van der Waals surface area contributed by atoms with Gasteiger partial charge in [0.15, 0.2) is 6.29 Å². The first-order chi connectivity index (χ1) is 9.22. The van der Waals surface area contributed by atoms with Crippen molar-refractivity contribution in [3.05, 3.63) is 29.6 Å². The number of unbranched alkanes of at least 4 members (excludes halogenated alkanes) is 1. The lowest BCUT2D eigenvalue weighted by Crippen LogP contribution is -2.01. The summed E-state index contributed by atoms with van der Waals surface area (Å²) in [5.41, 5.74) is 2.31. The molecule has 0 aliphatic heterocycles. The van der Waals surface area contributed by atoms with Crippen LogP contribution in [0.2, 0.25) is 0 Å². The first-order valence-electron chi connectivity index (χ1n) is 6.26. The highest BCUT2D eigenvalue weighted by Gasteiger charge is 2.10. The zero-order valence-electron chi connectivity index (χ0n) is 10.8. The molecule has 0 saturated carbocycles. The van der Waals surface area contributed by atoms with Crippen LogP contribution in [0.15, 0.2) is 18.3 Å². The predicted molar refractivity (Wildman–Crippen MR) is 71.1 cm³/mol. The molecule has 1 N–H and O–H groups in total. The maximum absolute atomic E-state index is 11.2. The van der Waals surface area contributed by atoms with E-state index in [1.165, 1.54) is 6.92 Å². The van der Waals surface area contributed by atoms with Gasteiger partial charge in [-0.3, -0.25) is 9.59 Å². The molecule has 19 heavy (non-hydrogen) atoms. The van der Waals surface area contributed by atoms with Crippen molar-refractivity contribution in [2.24, 2.45) is 0 Å². The number of aldehydes is 1. The van der Waals surface area contributed by atoms with Crippen LogP contribution in [0.5, 0.6) is 0 Å². The summed E-state index contributed by atoms with van der Waals surface area (Å²) in [6, 6.07) is 3.69. The van der Waals surface area contributed by atoms with Gasteiger partial charge in [-0.05, 0) is 31.4 Å². The molecular weight excluding hydrogens is 244 g/mol. The van der Waals surface area contributed by atoms with E-state index in [1.54, 1.807) is 6.20 Å². The molecular formula is C14H16N2O3. The fourth-order valence-corrected chi connectivity index (χ4v) is 2.05. The van der Waals surface area contributed by atoms with Crippen molar-refractivity contribution in [1.29, 1.82) is 0 Å². The second-order valence-corrected chi connectivity index (χ2v) is 4.33. The number of hydrogen-bond acceptors (Lipinski definition) is 4. The Morgan fingerprint density at radius 3 is 3.05 bits per heavy atom. The fourth-order valence-electron chi connectivity index (χ4n) is 2.05. The minimum Gasteiger partial charge on any atom is -0.466 e. The Balaban J connectivity index is 2.00. The molecule has 100 valence electrons. The van der Waals surface area contributed by atoms with Crippen LogP contribution in [0.4, 0.5) is 0 Å². The Morgan fingerprint density at radius 2 is 2.32 bits per heavy atom. The molecule has 2 heterocycles. The molecule has 0 radical (unpaired) electrons. The number of aromatic amines is 1. The predicted octanol–water partition coefficient (Wildman–Crippen LogP) is 2.26. The number of aromatic nitrogens is 2. The average molecular weight is 260 g/mol. The average Bonchev–Trinajstić information content (AvgIpc) is 2.75. The second kappa shape index (κ2) is 6.13. The zero-order valence-corrected chi connectivity index (χ0v) is 10.8. The van der Waals surface area contributed by atoms with Crippen molar-refractivity contribution in [3.63, 3.8) is 0 Å². The summed E-state index contributed by atoms with van der Waals surface area (Å²) in [6.07, 6.45) is 4.92. The summed E-state index contributed by atoms with van der Waals surface area (Å²) < 4.78 is 4.86. The van der Waals surface area contributed by atoms with E-state index in [-0.39, 0.29) is 5.97 Å². The third-order valence-corrected chi connectivity index (χ3v) is 2.94. The molecule has 5 nitrogen and oxygen atoms in total. The topological polar surface area (TPSA) is 72.1 Å². The van der Waals surface area contributed by atoms with Crippen LogP contribution in [0.1, 0.15) is 35.8 Å². The van der Waals surface area contributed by atoms with Crippen molar-refractivity contribution in [2.45, 2.75) is 26.2 Å². The van der Waals surface area contributed by atoms with Crippen LogP contribution >= 0.6 is 0 Å². The SMILES string of the molecule is CC(=O)OCCCCc1[nH]c2ncccc2c1C=O. The summed E-state index contributed by atoms with van der Waals surface area (Å²) in [5, 5.41) is 0.854. The lowest BCUT2D eigenvalue weighted by Gasteiger charge is -2.01. The number of H-pyrrole nitrogens is 1. The maximum atomic E-state index is 11.2. The number of esters is 1. The number of nitrogens with zero attached hydrogens (tertiary/aromatic N) is 1. The van der Waals surface area contributed by atoms with Crippen LogP contribution in [-0.2, 0) is 16.0 Å². The molecule has 0 aliphatic carbocycles. The number of pyridine rings is 1. The Morgan fingerprint density at radius 1 is 1.47 bits per heavy atom. The fraction of sp³-hybridized carbons (Fsp3) is 0.357. The quantitative estimate of drug-likeness (QED) is 0.491. The van der Waals surface area contributed by atoms with E-state index < -0.39 is 0 Å². The van der Waals surface area contributed by atoms with Crippen LogP contribution < -0.4 is 0 Å². The highest BCUT2D eigenvalue weighted by Crippen LogP contribution is 2.20. The molecule has 0 fully saturated rings. The summed E-state index contributed by atoms with van der Waals surface area (Å²) in [5.74, 6) is -0.261. The monoisotopic (exact) mass is 260 g/mol. The number of aryl methyl sites for hydroxylation is 1. The summed E-state index contributed by atoms with van der Waals surface area (Å²) in [4.78, 5) is 29.1. The molecule has 0 saturated heterocycles. The number of carbonyl (C=O) groups is 2. The van der Waals surface area contributed by atoms with Gasteiger partial charge in [0.05, 0.1) is 6.61 Å². The van der Waals surface area contributed by atoms with E-state index in [4.69, 9.17) is 4.74 Å². The highest BCUT2D eigenvalue weighted by molar-refractivity contribution is 5.97. The smallest absolute Gasteiger partial charge is 0.302 e. The molecule has 0 spiro atoms. The third kappa shape index (κ3) is 3.19. The van der Waals surface area contributed by atoms with E-state index in [0.29, 0.717) is 12.2 Å². The van der Waals surface area contributed by atoms with Crippen molar-refractivity contribution >= 4 is 23.3 Å². The van der Waals surface area contributed by atoms with E-state index in [0.717, 1.165) is 42.3 Å². The number of hydrogen-bond donors (Lipinski definition) is 1. The minimum absolute atomic E-state index is 0.261. The molecule has 2 rings (SSSR count). The summed E-state index contributed by atoms with van der Waals surface area (Å²) >= 11 is 0. The van der Waals surface area contributed by atoms with Gasteiger partial charge in [0.1, 0.15) is 5.65 Å². The van der Waals surface area contributed by atoms with Gasteiger partial charge in [0.25, 0.3) is 0 Å². The van der Waals surface area contributed by atoms with Gasteiger partial charge in [0.2, 0.25) is 0 Å². The Kier molecular flexibility index (Phi) is 4.28. The van der Waals surface area contributed by atoms with Gasteiger partial charge in [-0.1, -0.05) is 0 Å². The van der Waals surface area contributed by atoms with Gasteiger partial charge < -0.3 is 9.72 Å². The molecule has 0 bridgehead atoms. The Bertz CT molecular complexity index is 589. The Labute approximate surface area is 111 Å².